The number of nitriles is 1. The molecule has 8 heteroatoms. The zero-order valence-corrected chi connectivity index (χ0v) is 16.6. The highest BCUT2D eigenvalue weighted by Crippen LogP contribution is 2.37. The van der Waals surface area contributed by atoms with Crippen molar-refractivity contribution >= 4 is 28.3 Å². The van der Waals surface area contributed by atoms with Gasteiger partial charge in [-0.05, 0) is 38.2 Å². The number of hydrogen-bond donors (Lipinski definition) is 1. The van der Waals surface area contributed by atoms with E-state index in [-0.39, 0.29) is 12.0 Å². The van der Waals surface area contributed by atoms with E-state index in [2.05, 4.69) is 16.3 Å². The van der Waals surface area contributed by atoms with Gasteiger partial charge in [0.1, 0.15) is 11.1 Å². The normalized spacial score (nSPS) is 17.1. The fourth-order valence-electron chi connectivity index (χ4n) is 3.59. The Balaban J connectivity index is 1.47. The first kappa shape index (κ1) is 19.6. The molecule has 1 saturated heterocycles. The maximum Gasteiger partial charge on any atom is 0.409 e. The summed E-state index contributed by atoms with van der Waals surface area (Å²) in [5, 5.41) is 13.1. The van der Waals surface area contributed by atoms with Gasteiger partial charge in [-0.15, -0.1) is 11.3 Å². The van der Waals surface area contributed by atoms with Crippen LogP contribution in [0.1, 0.15) is 42.2 Å². The van der Waals surface area contributed by atoms with Gasteiger partial charge in [0, 0.05) is 44.0 Å². The van der Waals surface area contributed by atoms with Crippen LogP contribution in [0, 0.1) is 11.3 Å². The number of ether oxygens (including phenoxy) is 1. The minimum atomic E-state index is -0.263. The number of piperazine rings is 1. The van der Waals surface area contributed by atoms with E-state index in [1.54, 1.807) is 23.2 Å². The number of carbonyl (C=O) groups excluding carboxylic acids is 2. The summed E-state index contributed by atoms with van der Waals surface area (Å²) in [5.41, 5.74) is 1.80. The Kier molecular flexibility index (Phi) is 6.69. The third-order valence-corrected chi connectivity index (χ3v) is 6.30. The Morgan fingerprint density at radius 1 is 1.22 bits per heavy atom. The zero-order valence-electron chi connectivity index (χ0n) is 15.8. The van der Waals surface area contributed by atoms with Crippen LogP contribution in [-0.2, 0) is 22.4 Å². The van der Waals surface area contributed by atoms with Crippen molar-refractivity contribution in [3.05, 3.63) is 16.0 Å². The molecule has 1 N–H and O–H groups in total. The summed E-state index contributed by atoms with van der Waals surface area (Å²) in [6.45, 7) is 5.55. The van der Waals surface area contributed by atoms with E-state index in [1.165, 1.54) is 4.88 Å². The van der Waals surface area contributed by atoms with Crippen LogP contribution in [0.4, 0.5) is 9.80 Å². The number of nitrogens with one attached hydrogen (secondary N) is 1. The summed E-state index contributed by atoms with van der Waals surface area (Å²) in [6.07, 6.45) is 4.34. The quantitative estimate of drug-likeness (QED) is 0.835. The van der Waals surface area contributed by atoms with Gasteiger partial charge < -0.3 is 15.0 Å². The number of hydrogen-bond acceptors (Lipinski definition) is 6. The maximum absolute atomic E-state index is 12.4. The van der Waals surface area contributed by atoms with Gasteiger partial charge in [0.25, 0.3) is 0 Å². The zero-order chi connectivity index (χ0) is 19.2. The summed E-state index contributed by atoms with van der Waals surface area (Å²) in [4.78, 5) is 29.2. The summed E-state index contributed by atoms with van der Waals surface area (Å²) in [7, 11) is 0. The summed E-state index contributed by atoms with van der Waals surface area (Å²) in [5.74, 6) is -0.0575. The van der Waals surface area contributed by atoms with E-state index in [4.69, 9.17) is 4.74 Å². The Morgan fingerprint density at radius 2 is 1.96 bits per heavy atom. The lowest BCUT2D eigenvalue weighted by Crippen LogP contribution is -2.49. The van der Waals surface area contributed by atoms with Gasteiger partial charge >= 0.3 is 6.09 Å². The molecule has 2 amide bonds. The number of nitrogens with zero attached hydrogens (tertiary/aromatic N) is 3. The maximum atomic E-state index is 12.4. The van der Waals surface area contributed by atoms with Crippen molar-refractivity contribution in [2.45, 2.75) is 39.0 Å². The highest BCUT2D eigenvalue weighted by atomic mass is 32.1. The van der Waals surface area contributed by atoms with Gasteiger partial charge in [-0.25, -0.2) is 4.79 Å². The largest absolute Gasteiger partial charge is 0.450 e. The fraction of sp³-hybridized carbons (Fsp3) is 0.632. The molecule has 0 aromatic carbocycles. The van der Waals surface area contributed by atoms with Crippen LogP contribution in [-0.4, -0.2) is 61.1 Å². The molecule has 0 bridgehead atoms. The highest BCUT2D eigenvalue weighted by molar-refractivity contribution is 7.16. The Hall–Kier alpha value is -2.11. The Labute approximate surface area is 163 Å². The van der Waals surface area contributed by atoms with Gasteiger partial charge in [-0.1, -0.05) is 0 Å². The molecule has 3 rings (SSSR count). The van der Waals surface area contributed by atoms with Crippen molar-refractivity contribution in [2.75, 3.05) is 44.6 Å². The van der Waals surface area contributed by atoms with Crippen molar-refractivity contribution in [3.8, 4) is 6.07 Å². The van der Waals surface area contributed by atoms with Gasteiger partial charge in [0.2, 0.25) is 5.91 Å². The molecule has 27 heavy (non-hydrogen) atoms. The smallest absolute Gasteiger partial charge is 0.409 e. The minimum absolute atomic E-state index is 0.0575. The van der Waals surface area contributed by atoms with Crippen molar-refractivity contribution in [1.29, 1.82) is 5.26 Å². The first-order chi connectivity index (χ1) is 13.1. The standard InChI is InChI=1S/C19H26N4O3S/c1-2-26-19(25)23-11-9-22(10-12-23)8-7-17(24)21-18-15(13-20)14-5-3-4-6-16(14)27-18/h2-12H2,1H3,(H,21,24). The molecule has 1 aromatic heterocycles. The van der Waals surface area contributed by atoms with Gasteiger partial charge in [0.05, 0.1) is 12.2 Å². The van der Waals surface area contributed by atoms with Crippen molar-refractivity contribution in [2.24, 2.45) is 0 Å². The van der Waals surface area contributed by atoms with Crippen LogP contribution < -0.4 is 5.32 Å². The van der Waals surface area contributed by atoms with E-state index in [0.29, 0.717) is 43.2 Å². The predicted octanol–water partition coefficient (Wildman–Crippen LogP) is 2.60. The summed E-state index contributed by atoms with van der Waals surface area (Å²) < 4.78 is 5.02. The van der Waals surface area contributed by atoms with E-state index in [9.17, 15) is 14.9 Å². The number of amides is 2. The van der Waals surface area contributed by atoms with Gasteiger partial charge in [0.15, 0.2) is 0 Å². The molecule has 0 spiro atoms. The molecule has 0 radical (unpaired) electrons. The van der Waals surface area contributed by atoms with E-state index < -0.39 is 0 Å². The average molecular weight is 391 g/mol. The molecule has 146 valence electrons. The van der Waals surface area contributed by atoms with Gasteiger partial charge in [-0.2, -0.15) is 5.26 Å². The molecule has 0 atom stereocenters. The topological polar surface area (TPSA) is 85.7 Å². The molecule has 1 fully saturated rings. The van der Waals surface area contributed by atoms with Crippen LogP contribution in [0.25, 0.3) is 0 Å². The number of anilines is 1. The Bertz CT molecular complexity index is 732. The fourth-order valence-corrected chi connectivity index (χ4v) is 4.85. The van der Waals surface area contributed by atoms with Gasteiger partial charge in [-0.3, -0.25) is 9.69 Å². The van der Waals surface area contributed by atoms with E-state index in [1.807, 2.05) is 0 Å². The molecular weight excluding hydrogens is 364 g/mol. The number of fused-ring (bicyclic) bond motifs is 1. The number of rotatable bonds is 5. The molecule has 1 aromatic rings. The number of carbonyl (C=O) groups is 2. The average Bonchev–Trinajstić information content (AvgIpc) is 3.03. The lowest BCUT2D eigenvalue weighted by molar-refractivity contribution is -0.116. The molecular formula is C19H26N4O3S. The number of aryl methyl sites for hydroxylation is 1. The third-order valence-electron chi connectivity index (χ3n) is 5.09. The lowest BCUT2D eigenvalue weighted by Gasteiger charge is -2.33. The Morgan fingerprint density at radius 3 is 2.67 bits per heavy atom. The van der Waals surface area contributed by atoms with E-state index in [0.717, 1.165) is 44.3 Å². The van der Waals surface area contributed by atoms with Crippen LogP contribution in [0.5, 0.6) is 0 Å². The van der Waals surface area contributed by atoms with E-state index >= 15 is 0 Å². The molecule has 2 heterocycles. The van der Waals surface area contributed by atoms with Crippen LogP contribution in [0.15, 0.2) is 0 Å². The van der Waals surface area contributed by atoms with Crippen molar-refractivity contribution in [1.82, 2.24) is 9.80 Å². The second-order valence-corrected chi connectivity index (χ2v) is 7.96. The summed E-state index contributed by atoms with van der Waals surface area (Å²) in [6, 6.07) is 2.28. The highest BCUT2D eigenvalue weighted by Gasteiger charge is 2.24. The second kappa shape index (κ2) is 9.20. The van der Waals surface area contributed by atoms with Crippen LogP contribution in [0.3, 0.4) is 0 Å². The summed E-state index contributed by atoms with van der Waals surface area (Å²) >= 11 is 1.56. The first-order valence-electron chi connectivity index (χ1n) is 9.61. The predicted molar refractivity (Wildman–Crippen MR) is 104 cm³/mol. The van der Waals surface area contributed by atoms with Crippen LogP contribution >= 0.6 is 11.3 Å². The monoisotopic (exact) mass is 390 g/mol. The molecule has 0 unspecified atom stereocenters. The first-order valence-corrected chi connectivity index (χ1v) is 10.4. The molecule has 1 aliphatic carbocycles. The SMILES string of the molecule is CCOC(=O)N1CCN(CCC(=O)Nc2sc3c(c2C#N)CCCC3)CC1. The molecule has 0 saturated carbocycles. The molecule has 2 aliphatic rings. The second-order valence-electron chi connectivity index (χ2n) is 6.85. The number of thiophene rings is 1. The minimum Gasteiger partial charge on any atom is -0.450 e. The third kappa shape index (κ3) is 4.79. The van der Waals surface area contributed by atoms with Crippen molar-refractivity contribution in [3.63, 3.8) is 0 Å². The lowest BCUT2D eigenvalue weighted by atomic mass is 9.96. The molecule has 7 nitrogen and oxygen atoms in total. The molecule has 1 aliphatic heterocycles. The van der Waals surface area contributed by atoms with Crippen molar-refractivity contribution < 1.29 is 14.3 Å². The van der Waals surface area contributed by atoms with Crippen LogP contribution in [0.2, 0.25) is 0 Å².